The van der Waals surface area contributed by atoms with E-state index in [0.29, 0.717) is 11.1 Å². The molecule has 0 atom stereocenters. The predicted octanol–water partition coefficient (Wildman–Crippen LogP) is 4.28. The maximum absolute atomic E-state index is 11.3. The first-order chi connectivity index (χ1) is 19.6. The summed E-state index contributed by atoms with van der Waals surface area (Å²) in [5.74, 6) is 0. The number of hydrogen-bond donors (Lipinski definition) is 8. The fraction of sp³-hybridized carbons (Fsp3) is 0.636. The van der Waals surface area contributed by atoms with Gasteiger partial charge in [0, 0.05) is 15.4 Å². The van der Waals surface area contributed by atoms with Gasteiger partial charge in [0.25, 0.3) is 0 Å². The van der Waals surface area contributed by atoms with E-state index in [2.05, 4.69) is 41.5 Å². The topological polar surface area (TPSA) is 171 Å². The summed E-state index contributed by atoms with van der Waals surface area (Å²) >= 11 is 0. The van der Waals surface area contributed by atoms with Crippen molar-refractivity contribution < 1.29 is 44.3 Å². The first kappa shape index (κ1) is 41.0. The Balaban J connectivity index is 0.000000930. The maximum atomic E-state index is 11.3. The largest absolute Gasteiger partial charge is 0.497 e. The molecule has 9 nitrogen and oxygen atoms in total. The van der Waals surface area contributed by atoms with Gasteiger partial charge in [-0.25, -0.2) is 0 Å². The molecule has 252 valence electrons. The van der Waals surface area contributed by atoms with Crippen molar-refractivity contribution in [2.24, 2.45) is 5.41 Å². The third-order valence-corrected chi connectivity index (χ3v) is 11.4. The highest BCUT2D eigenvalue weighted by atomic mass is 31.3. The van der Waals surface area contributed by atoms with Crippen molar-refractivity contribution in [3.63, 3.8) is 0 Å². The maximum Gasteiger partial charge on any atom is 0.497 e. The molecule has 0 aliphatic rings. The van der Waals surface area contributed by atoms with Gasteiger partial charge in [0.1, 0.15) is 0 Å². The first-order valence-corrected chi connectivity index (χ1v) is 18.0. The zero-order chi connectivity index (χ0) is 34.7. The Morgan fingerprint density at radius 2 is 0.750 bits per heavy atom. The summed E-state index contributed by atoms with van der Waals surface area (Å²) in [5.41, 5.74) is 1.30. The van der Waals surface area contributed by atoms with Crippen LogP contribution in [0.4, 0.5) is 0 Å². The molecule has 11 heteroatoms. The number of benzene rings is 2. The highest BCUT2D eigenvalue weighted by molar-refractivity contribution is 7.80. The molecule has 0 aromatic heterocycles. The molecule has 0 amide bonds. The Morgan fingerprint density at radius 1 is 0.477 bits per heavy atom. The molecule has 0 saturated carbocycles. The molecule has 2 rings (SSSR count). The Labute approximate surface area is 265 Å². The summed E-state index contributed by atoms with van der Waals surface area (Å²) in [6.07, 6.45) is 0. The lowest BCUT2D eigenvalue weighted by Crippen LogP contribution is -2.37. The van der Waals surface area contributed by atoms with E-state index in [0.717, 1.165) is 11.1 Å². The summed E-state index contributed by atoms with van der Waals surface area (Å²) in [6, 6.07) is 10.9. The van der Waals surface area contributed by atoms with Crippen LogP contribution < -0.4 is 10.6 Å². The second kappa shape index (κ2) is 14.4. The van der Waals surface area contributed by atoms with E-state index >= 15 is 0 Å². The molecule has 2 aromatic carbocycles. The first-order valence-electron chi connectivity index (χ1n) is 14.8. The monoisotopic (exact) mass is 660 g/mol. The molecule has 8 N–H and O–H groups in total. The van der Waals surface area contributed by atoms with Gasteiger partial charge in [-0.3, -0.25) is 0 Å². The summed E-state index contributed by atoms with van der Waals surface area (Å²) < 4.78 is 5.56. The van der Waals surface area contributed by atoms with Crippen LogP contribution in [0.25, 0.3) is 0 Å². The minimum absolute atomic E-state index is 0.132. The second-order valence-corrected chi connectivity index (χ2v) is 19.6. The van der Waals surface area contributed by atoms with Crippen LogP contribution >= 0.6 is 15.9 Å². The molecule has 0 unspecified atom stereocenters. The van der Waals surface area contributed by atoms with Gasteiger partial charge >= 0.3 is 15.9 Å². The second-order valence-electron chi connectivity index (χ2n) is 15.8. The Kier molecular flexibility index (Phi) is 13.4. The summed E-state index contributed by atoms with van der Waals surface area (Å²) in [5, 5.41) is 34.4. The van der Waals surface area contributed by atoms with Crippen molar-refractivity contribution in [1.29, 1.82) is 0 Å². The summed E-state index contributed by atoms with van der Waals surface area (Å²) in [4.78, 5) is 45.0. The van der Waals surface area contributed by atoms with Gasteiger partial charge in [-0.1, -0.05) is 107 Å². The van der Waals surface area contributed by atoms with Gasteiger partial charge < -0.3 is 20.4 Å². The van der Waals surface area contributed by atoms with E-state index in [1.165, 1.54) is 0 Å². The fourth-order valence-corrected chi connectivity index (χ4v) is 8.20. The molecule has 0 spiro atoms. The molecule has 0 aliphatic carbocycles. The van der Waals surface area contributed by atoms with Gasteiger partial charge in [-0.2, -0.15) is 19.6 Å². The average molecular weight is 661 g/mol. The van der Waals surface area contributed by atoms with Crippen molar-refractivity contribution in [3.8, 4) is 0 Å². The molecule has 0 bridgehead atoms. The molecule has 0 aliphatic heterocycles. The third kappa shape index (κ3) is 10.5. The lowest BCUT2D eigenvalue weighted by Gasteiger charge is -2.28. The van der Waals surface area contributed by atoms with E-state index in [1.54, 1.807) is 12.1 Å². The van der Waals surface area contributed by atoms with Crippen LogP contribution in [0.1, 0.15) is 105 Å². The molecular formula is C33H58O9P2+2. The molecule has 0 heterocycles. The van der Waals surface area contributed by atoms with Crippen LogP contribution in [0.15, 0.2) is 36.4 Å². The highest BCUT2D eigenvalue weighted by Gasteiger charge is 2.61. The fourth-order valence-electron chi connectivity index (χ4n) is 4.26. The lowest BCUT2D eigenvalue weighted by atomic mass is 9.81. The minimum Gasteiger partial charge on any atom is -0.396 e. The highest BCUT2D eigenvalue weighted by Crippen LogP contribution is 2.68. The van der Waals surface area contributed by atoms with Crippen LogP contribution in [0.5, 0.6) is 0 Å². The smallest absolute Gasteiger partial charge is 0.396 e. The normalized spacial score (nSPS) is 13.9. The zero-order valence-corrected chi connectivity index (χ0v) is 30.5. The molecule has 2 aromatic rings. The molecule has 0 saturated heterocycles. The molecule has 44 heavy (non-hydrogen) atoms. The van der Waals surface area contributed by atoms with Crippen LogP contribution in [0, 0.1) is 5.41 Å². The van der Waals surface area contributed by atoms with Crippen molar-refractivity contribution in [1.82, 2.24) is 0 Å². The molecule has 0 radical (unpaired) electrons. The van der Waals surface area contributed by atoms with Gasteiger partial charge in [-0.05, 0) is 44.9 Å². The van der Waals surface area contributed by atoms with Crippen LogP contribution in [0.2, 0.25) is 0 Å². The quantitative estimate of drug-likeness (QED) is 0.193. The van der Waals surface area contributed by atoms with Gasteiger partial charge in [0.15, 0.2) is 10.6 Å². The van der Waals surface area contributed by atoms with E-state index in [4.69, 9.17) is 24.7 Å². The van der Waals surface area contributed by atoms with Crippen molar-refractivity contribution in [2.45, 2.75) is 105 Å². The van der Waals surface area contributed by atoms with E-state index in [1.807, 2.05) is 65.8 Å². The molecule has 0 fully saturated rings. The number of hydrogen-bond acceptors (Lipinski definition) is 9. The van der Waals surface area contributed by atoms with Crippen molar-refractivity contribution in [3.05, 3.63) is 58.7 Å². The van der Waals surface area contributed by atoms with Crippen molar-refractivity contribution >= 4 is 26.5 Å². The standard InChI is InChI=1S/C28H46O5P2.C5H12O4/c1-25(2,3)19-13-15-23(21(17-19)27(7,8)9)34(29,30)33-35(31,32)24-16-14-20(26(4,5)6)18-22(24)28(10,11)12;6-1-5(2-7,3-8)4-9/h13-18,29-32H,1-12H3;6-9H,1-4H2/q+2;. The van der Waals surface area contributed by atoms with E-state index in [9.17, 15) is 19.6 Å². The van der Waals surface area contributed by atoms with E-state index in [-0.39, 0.29) is 21.4 Å². The summed E-state index contributed by atoms with van der Waals surface area (Å²) in [6.45, 7) is 22.9. The zero-order valence-electron chi connectivity index (χ0n) is 28.7. The van der Waals surface area contributed by atoms with Gasteiger partial charge in [0.2, 0.25) is 0 Å². The number of aliphatic hydroxyl groups excluding tert-OH is 4. The van der Waals surface area contributed by atoms with Crippen molar-refractivity contribution in [2.75, 3.05) is 26.4 Å². The minimum atomic E-state index is -4.36. The Morgan fingerprint density at radius 3 is 0.932 bits per heavy atom. The Bertz CT molecular complexity index is 1120. The predicted molar refractivity (Wildman–Crippen MR) is 182 cm³/mol. The summed E-state index contributed by atoms with van der Waals surface area (Å²) in [7, 11) is -8.71. The number of aliphatic hydroxyl groups is 4. The van der Waals surface area contributed by atoms with Crippen LogP contribution in [-0.4, -0.2) is 66.4 Å². The number of rotatable bonds is 8. The SMILES string of the molecule is CC(C)(C)c1ccc([P+](O)(O)O[P+](O)(O)c2ccc(C(C)(C)C)cc2C(C)(C)C)c(C(C)(C)C)c1.OCC(CO)(CO)CO. The van der Waals surface area contributed by atoms with E-state index < -0.39 is 58.6 Å². The lowest BCUT2D eigenvalue weighted by molar-refractivity contribution is -0.0328. The molecular weight excluding hydrogens is 602 g/mol. The average Bonchev–Trinajstić information content (AvgIpc) is 2.87. The van der Waals surface area contributed by atoms with Crippen LogP contribution in [-0.2, 0) is 26.0 Å². The van der Waals surface area contributed by atoms with Gasteiger partial charge in [-0.15, -0.1) is 0 Å². The Hall–Kier alpha value is -1.06. The van der Waals surface area contributed by atoms with Crippen LogP contribution in [0.3, 0.4) is 0 Å². The third-order valence-electron chi connectivity index (χ3n) is 7.54. The van der Waals surface area contributed by atoms with Gasteiger partial charge in [0.05, 0.1) is 31.8 Å².